The smallest absolute Gasteiger partial charge is 0.305 e. The fourth-order valence-electron chi connectivity index (χ4n) is 4.46. The Morgan fingerprint density at radius 1 is 1.17 bits per heavy atom. The number of amides is 2. The zero-order valence-corrected chi connectivity index (χ0v) is 21.2. The highest BCUT2D eigenvalue weighted by Crippen LogP contribution is 2.28. The van der Waals surface area contributed by atoms with Gasteiger partial charge in [0, 0.05) is 45.3 Å². The highest BCUT2D eigenvalue weighted by Gasteiger charge is 2.39. The molecule has 14 nitrogen and oxygen atoms in total. The minimum absolute atomic E-state index is 0.0178. The van der Waals surface area contributed by atoms with E-state index in [1.54, 1.807) is 4.90 Å². The molecule has 0 unspecified atom stereocenters. The van der Waals surface area contributed by atoms with Crippen molar-refractivity contribution in [2.45, 2.75) is 50.6 Å². The van der Waals surface area contributed by atoms with Crippen LogP contribution in [0.1, 0.15) is 38.5 Å². The summed E-state index contributed by atoms with van der Waals surface area (Å²) in [6.07, 6.45) is 2.40. The molecule has 0 radical (unpaired) electrons. The monoisotopic (exact) mass is 531 g/mol. The summed E-state index contributed by atoms with van der Waals surface area (Å²) >= 11 is 0. The molecular weight excluding hydrogens is 494 g/mol. The van der Waals surface area contributed by atoms with Crippen molar-refractivity contribution in [3.63, 3.8) is 0 Å². The first-order chi connectivity index (χ1) is 17.1. The van der Waals surface area contributed by atoms with Crippen molar-refractivity contribution in [3.8, 4) is 0 Å². The molecule has 1 aliphatic carbocycles. The van der Waals surface area contributed by atoms with Crippen molar-refractivity contribution in [1.82, 2.24) is 24.1 Å². The molecule has 2 atom stereocenters. The lowest BCUT2D eigenvalue weighted by Crippen LogP contribution is -2.56. The van der Waals surface area contributed by atoms with Crippen LogP contribution >= 0.6 is 0 Å². The number of aliphatic carboxylic acids is 1. The Morgan fingerprint density at radius 3 is 2.47 bits per heavy atom. The van der Waals surface area contributed by atoms with Crippen molar-refractivity contribution in [3.05, 3.63) is 0 Å². The maximum atomic E-state index is 13.4. The molecule has 2 saturated heterocycles. The summed E-state index contributed by atoms with van der Waals surface area (Å²) in [4.78, 5) is 40.4. The zero-order chi connectivity index (χ0) is 26.3. The molecule has 1 saturated carbocycles. The number of nitrogens with two attached hydrogens (primary N) is 1. The summed E-state index contributed by atoms with van der Waals surface area (Å²) in [6.45, 7) is 2.19. The molecule has 3 fully saturated rings. The lowest BCUT2D eigenvalue weighted by molar-refractivity contribution is -0.140. The maximum absolute atomic E-state index is 13.4. The summed E-state index contributed by atoms with van der Waals surface area (Å²) in [7, 11) is -4.08. The van der Waals surface area contributed by atoms with Gasteiger partial charge >= 0.3 is 5.97 Å². The molecule has 2 heterocycles. The number of carboxylic acid groups (broad SMARTS) is 1. The largest absolute Gasteiger partial charge is 0.481 e. The lowest BCUT2D eigenvalue weighted by atomic mass is 9.98. The van der Waals surface area contributed by atoms with Crippen molar-refractivity contribution in [1.29, 1.82) is 5.41 Å². The molecule has 0 aromatic heterocycles. The number of guanidine groups is 1. The molecular formula is C21H37N7O7S. The summed E-state index contributed by atoms with van der Waals surface area (Å²) < 4.78 is 34.7. The average Bonchev–Trinajstić information content (AvgIpc) is 3.68. The number of nitrogens with zero attached hydrogens (tertiary/aromatic N) is 3. The van der Waals surface area contributed by atoms with E-state index in [4.69, 9.17) is 21.0 Å². The second kappa shape index (κ2) is 12.7. The van der Waals surface area contributed by atoms with Gasteiger partial charge in [-0.15, -0.1) is 0 Å². The molecule has 0 aromatic rings. The zero-order valence-electron chi connectivity index (χ0n) is 20.4. The number of ether oxygens (including phenoxy) is 1. The molecule has 0 spiro atoms. The first kappa shape index (κ1) is 28.1. The van der Waals surface area contributed by atoms with E-state index in [9.17, 15) is 22.8 Å². The van der Waals surface area contributed by atoms with E-state index in [0.717, 1.165) is 12.8 Å². The van der Waals surface area contributed by atoms with Gasteiger partial charge in [0.25, 0.3) is 10.2 Å². The van der Waals surface area contributed by atoms with Gasteiger partial charge in [-0.1, -0.05) is 0 Å². The second-order valence-corrected chi connectivity index (χ2v) is 11.1. The fourth-order valence-corrected chi connectivity index (χ4v) is 5.78. The normalized spacial score (nSPS) is 22.0. The van der Waals surface area contributed by atoms with Crippen molar-refractivity contribution in [2.75, 3.05) is 52.5 Å². The number of nitrogens with one attached hydrogen (secondary N) is 3. The van der Waals surface area contributed by atoms with Crippen LogP contribution in [0.3, 0.4) is 0 Å². The molecule has 0 bridgehead atoms. The van der Waals surface area contributed by atoms with Crippen LogP contribution in [0.25, 0.3) is 0 Å². The first-order valence-electron chi connectivity index (χ1n) is 12.3. The molecule has 15 heteroatoms. The van der Waals surface area contributed by atoms with Gasteiger partial charge in [0.15, 0.2) is 5.96 Å². The van der Waals surface area contributed by atoms with Gasteiger partial charge in [-0.2, -0.15) is 17.4 Å². The van der Waals surface area contributed by atoms with Crippen molar-refractivity contribution in [2.24, 2.45) is 11.7 Å². The van der Waals surface area contributed by atoms with Crippen LogP contribution in [0.5, 0.6) is 0 Å². The van der Waals surface area contributed by atoms with Crippen LogP contribution in [0.4, 0.5) is 0 Å². The standard InChI is InChI=1S/C21H37N7O7S/c22-21(23)26-6-1-2-15(14-26)13-24-18(29)12-17(25-36(33,34)27-8-10-35-11-9-27)20(32)28(16-3-4-16)7-5-19(30)31/h15-17,25H,1-14H2,(H3,22,23)(H,24,29)(H,30,31)/t15-,17-/m0/s1. The van der Waals surface area contributed by atoms with E-state index in [0.29, 0.717) is 32.5 Å². The number of hydrogen-bond acceptors (Lipinski definition) is 7. The Hall–Kier alpha value is -2.49. The highest BCUT2D eigenvalue weighted by molar-refractivity contribution is 7.87. The molecule has 3 rings (SSSR count). The van der Waals surface area contributed by atoms with Crippen LogP contribution < -0.4 is 15.8 Å². The molecule has 6 N–H and O–H groups in total. The molecule has 2 aliphatic heterocycles. The number of morpholine rings is 1. The summed E-state index contributed by atoms with van der Waals surface area (Å²) in [5, 5.41) is 19.5. The molecule has 3 aliphatic rings. The number of carbonyl (C=O) groups is 3. The Balaban J connectivity index is 1.67. The summed E-state index contributed by atoms with van der Waals surface area (Å²) in [5.74, 6) is -2.11. The highest BCUT2D eigenvalue weighted by atomic mass is 32.2. The van der Waals surface area contributed by atoms with Crippen LogP contribution in [0.2, 0.25) is 0 Å². The van der Waals surface area contributed by atoms with Gasteiger partial charge in [-0.05, 0) is 31.6 Å². The molecule has 2 amide bonds. The van der Waals surface area contributed by atoms with E-state index in [1.165, 1.54) is 9.21 Å². The Morgan fingerprint density at radius 2 is 1.86 bits per heavy atom. The van der Waals surface area contributed by atoms with E-state index in [1.807, 2.05) is 0 Å². The predicted molar refractivity (Wildman–Crippen MR) is 129 cm³/mol. The second-order valence-electron chi connectivity index (χ2n) is 9.44. The van der Waals surface area contributed by atoms with E-state index in [-0.39, 0.29) is 57.2 Å². The topological polar surface area (TPSA) is 198 Å². The SMILES string of the molecule is N=C(N)N1CCC[C@@H](CNC(=O)C[C@H](NS(=O)(=O)N2CCOCC2)C(=O)N(CCC(=O)O)C2CC2)C1. The molecule has 36 heavy (non-hydrogen) atoms. The predicted octanol–water partition coefficient (Wildman–Crippen LogP) is -1.90. The number of carboxylic acids is 1. The third-order valence-electron chi connectivity index (χ3n) is 6.57. The van der Waals surface area contributed by atoms with Gasteiger partial charge in [-0.3, -0.25) is 19.8 Å². The average molecular weight is 532 g/mol. The van der Waals surface area contributed by atoms with Gasteiger partial charge in [-0.25, -0.2) is 0 Å². The third-order valence-corrected chi connectivity index (χ3v) is 8.20. The number of rotatable bonds is 12. The van der Waals surface area contributed by atoms with E-state index < -0.39 is 40.5 Å². The Labute approximate surface area is 211 Å². The van der Waals surface area contributed by atoms with E-state index in [2.05, 4.69) is 10.0 Å². The third kappa shape index (κ3) is 8.28. The maximum Gasteiger partial charge on any atom is 0.305 e. The number of carbonyl (C=O) groups excluding carboxylic acids is 2. The number of hydrogen-bond donors (Lipinski definition) is 5. The lowest BCUT2D eigenvalue weighted by Gasteiger charge is -2.33. The Bertz CT molecular complexity index is 922. The Kier molecular flexibility index (Phi) is 9.87. The number of likely N-dealkylation sites (tertiary alicyclic amines) is 1. The van der Waals surface area contributed by atoms with Gasteiger partial charge < -0.3 is 30.7 Å². The first-order valence-corrected chi connectivity index (χ1v) is 13.7. The van der Waals surface area contributed by atoms with Crippen LogP contribution in [-0.4, -0.2) is 116 Å². The van der Waals surface area contributed by atoms with Crippen molar-refractivity contribution >= 4 is 34.0 Å². The fraction of sp³-hybridized carbons (Fsp3) is 0.810. The summed E-state index contributed by atoms with van der Waals surface area (Å²) in [6, 6.07) is -1.53. The van der Waals surface area contributed by atoms with Gasteiger partial charge in [0.2, 0.25) is 11.8 Å². The quantitative estimate of drug-likeness (QED) is 0.141. The van der Waals surface area contributed by atoms with Gasteiger partial charge in [0.05, 0.1) is 26.1 Å². The van der Waals surface area contributed by atoms with E-state index >= 15 is 0 Å². The summed E-state index contributed by atoms with van der Waals surface area (Å²) in [5.41, 5.74) is 5.57. The van der Waals surface area contributed by atoms with Crippen molar-refractivity contribution < 1.29 is 32.6 Å². The van der Waals surface area contributed by atoms with Crippen LogP contribution in [-0.2, 0) is 29.3 Å². The van der Waals surface area contributed by atoms with Gasteiger partial charge in [0.1, 0.15) is 6.04 Å². The van der Waals surface area contributed by atoms with Crippen LogP contribution in [0.15, 0.2) is 0 Å². The molecule has 0 aromatic carbocycles. The van der Waals surface area contributed by atoms with Crippen LogP contribution in [0, 0.1) is 11.3 Å². The minimum atomic E-state index is -4.08. The molecule has 204 valence electrons. The number of piperidine rings is 1. The minimum Gasteiger partial charge on any atom is -0.481 e.